The number of rotatable bonds is 4. The van der Waals surface area contributed by atoms with Gasteiger partial charge in [0.2, 0.25) is 0 Å². The summed E-state index contributed by atoms with van der Waals surface area (Å²) in [5.74, 6) is 5.70. The molecule has 0 aliphatic rings. The minimum absolute atomic E-state index is 0.602. The molecule has 0 heterocycles. The summed E-state index contributed by atoms with van der Waals surface area (Å²) in [5.41, 5.74) is 3.21. The maximum absolute atomic E-state index is 5.10. The molecule has 1 atom stereocenters. The Morgan fingerprint density at radius 3 is 2.80 bits per heavy atom. The molecule has 0 bridgehead atoms. The van der Waals surface area contributed by atoms with E-state index in [0.29, 0.717) is 5.92 Å². The van der Waals surface area contributed by atoms with E-state index in [2.05, 4.69) is 31.9 Å². The van der Waals surface area contributed by atoms with Crippen LogP contribution in [-0.2, 0) is 0 Å². The van der Waals surface area contributed by atoms with Gasteiger partial charge in [0.05, 0.1) is 0 Å². The van der Waals surface area contributed by atoms with E-state index in [9.17, 15) is 0 Å². The van der Waals surface area contributed by atoms with Crippen LogP contribution < -0.4 is 11.3 Å². The first kappa shape index (κ1) is 9.24. The molecule has 0 aromatic heterocycles. The molecule has 0 aromatic carbocycles. The molecular formula is C8H16N2. The largest absolute Gasteiger partial charge is 0.325 e. The van der Waals surface area contributed by atoms with Gasteiger partial charge in [-0.15, -0.1) is 0 Å². The molecule has 58 valence electrons. The fraction of sp³-hybridized carbons (Fsp3) is 0.500. The van der Waals surface area contributed by atoms with Gasteiger partial charge in [-0.05, 0) is 12.0 Å². The molecule has 0 saturated carbocycles. The van der Waals surface area contributed by atoms with Gasteiger partial charge < -0.3 is 5.43 Å². The lowest BCUT2D eigenvalue weighted by Crippen LogP contribution is -2.18. The van der Waals surface area contributed by atoms with Crippen molar-refractivity contribution in [1.82, 2.24) is 5.43 Å². The van der Waals surface area contributed by atoms with Crippen molar-refractivity contribution >= 4 is 0 Å². The summed E-state index contributed by atoms with van der Waals surface area (Å²) in [7, 11) is 0. The predicted octanol–water partition coefficient (Wildman–Crippen LogP) is 1.57. The standard InChI is InChI=1S/C8H16N2/c1-4-7(2)5-6-8(3)10-9/h5-7,10H,3-4,9H2,1-2H3/b6-5-. The van der Waals surface area contributed by atoms with Gasteiger partial charge in [0, 0.05) is 5.70 Å². The van der Waals surface area contributed by atoms with Crippen molar-refractivity contribution in [2.75, 3.05) is 0 Å². The number of nitrogens with one attached hydrogen (secondary N) is 1. The first-order valence-corrected chi connectivity index (χ1v) is 3.54. The lowest BCUT2D eigenvalue weighted by Gasteiger charge is -2.00. The second-order valence-corrected chi connectivity index (χ2v) is 2.41. The summed E-state index contributed by atoms with van der Waals surface area (Å²) in [4.78, 5) is 0. The maximum Gasteiger partial charge on any atom is 0.0410 e. The van der Waals surface area contributed by atoms with Crippen molar-refractivity contribution in [2.24, 2.45) is 11.8 Å². The van der Waals surface area contributed by atoms with Crippen LogP contribution in [0.2, 0.25) is 0 Å². The van der Waals surface area contributed by atoms with Crippen LogP contribution in [0.15, 0.2) is 24.4 Å². The molecular weight excluding hydrogens is 124 g/mol. The van der Waals surface area contributed by atoms with Gasteiger partial charge in [-0.3, -0.25) is 5.84 Å². The molecule has 2 heteroatoms. The van der Waals surface area contributed by atoms with Crippen LogP contribution in [0.3, 0.4) is 0 Å². The summed E-state index contributed by atoms with van der Waals surface area (Å²) in [6.45, 7) is 7.96. The van der Waals surface area contributed by atoms with Crippen molar-refractivity contribution in [1.29, 1.82) is 0 Å². The van der Waals surface area contributed by atoms with Crippen molar-refractivity contribution in [3.8, 4) is 0 Å². The van der Waals surface area contributed by atoms with Gasteiger partial charge in [-0.2, -0.15) is 0 Å². The second kappa shape index (κ2) is 5.06. The third kappa shape index (κ3) is 4.15. The molecule has 1 unspecified atom stereocenters. The molecule has 3 N–H and O–H groups in total. The average Bonchev–Trinajstić information content (AvgIpc) is 1.99. The maximum atomic E-state index is 5.10. The summed E-state index contributed by atoms with van der Waals surface area (Å²) >= 11 is 0. The third-order valence-electron chi connectivity index (χ3n) is 1.46. The van der Waals surface area contributed by atoms with Crippen LogP contribution in [0.1, 0.15) is 20.3 Å². The van der Waals surface area contributed by atoms with Crippen LogP contribution in [0.5, 0.6) is 0 Å². The quantitative estimate of drug-likeness (QED) is 0.353. The van der Waals surface area contributed by atoms with E-state index in [-0.39, 0.29) is 0 Å². The highest BCUT2D eigenvalue weighted by atomic mass is 15.2. The Morgan fingerprint density at radius 2 is 2.40 bits per heavy atom. The molecule has 0 aliphatic heterocycles. The molecule has 0 rings (SSSR count). The van der Waals surface area contributed by atoms with Gasteiger partial charge in [0.1, 0.15) is 0 Å². The van der Waals surface area contributed by atoms with Gasteiger partial charge in [0.25, 0.3) is 0 Å². The Morgan fingerprint density at radius 1 is 1.80 bits per heavy atom. The predicted molar refractivity (Wildman–Crippen MR) is 45.1 cm³/mol. The van der Waals surface area contributed by atoms with Crippen molar-refractivity contribution in [2.45, 2.75) is 20.3 Å². The molecule has 0 radical (unpaired) electrons. The average molecular weight is 140 g/mol. The van der Waals surface area contributed by atoms with Gasteiger partial charge in [-0.25, -0.2) is 0 Å². The number of hydrogen-bond donors (Lipinski definition) is 2. The summed E-state index contributed by atoms with van der Waals surface area (Å²) < 4.78 is 0. The fourth-order valence-electron chi connectivity index (χ4n) is 0.465. The third-order valence-corrected chi connectivity index (χ3v) is 1.46. The minimum atomic E-state index is 0.602. The van der Waals surface area contributed by atoms with Crippen LogP contribution in [0, 0.1) is 5.92 Å². The molecule has 10 heavy (non-hydrogen) atoms. The highest BCUT2D eigenvalue weighted by Crippen LogP contribution is 2.02. The normalized spacial score (nSPS) is 13.5. The SMILES string of the molecule is C=C(/C=C\C(C)CC)NN. The zero-order valence-corrected chi connectivity index (χ0v) is 6.72. The summed E-state index contributed by atoms with van der Waals surface area (Å²) in [6.07, 6.45) is 5.13. The number of allylic oxidation sites excluding steroid dienone is 2. The van der Waals surface area contributed by atoms with Crippen LogP contribution in [-0.4, -0.2) is 0 Å². The molecule has 0 aromatic rings. The zero-order valence-electron chi connectivity index (χ0n) is 6.72. The summed E-state index contributed by atoms with van der Waals surface area (Å²) in [5, 5.41) is 0. The Labute approximate surface area is 62.8 Å². The lowest BCUT2D eigenvalue weighted by molar-refractivity contribution is 0.696. The van der Waals surface area contributed by atoms with E-state index in [0.717, 1.165) is 12.1 Å². The van der Waals surface area contributed by atoms with Gasteiger partial charge in [-0.1, -0.05) is 32.9 Å². The molecule has 0 fully saturated rings. The van der Waals surface area contributed by atoms with Crippen molar-refractivity contribution in [3.63, 3.8) is 0 Å². The molecule has 0 spiro atoms. The van der Waals surface area contributed by atoms with Crippen molar-refractivity contribution in [3.05, 3.63) is 24.4 Å². The Hall–Kier alpha value is -0.760. The van der Waals surface area contributed by atoms with E-state index in [1.54, 1.807) is 0 Å². The second-order valence-electron chi connectivity index (χ2n) is 2.41. The van der Waals surface area contributed by atoms with Crippen molar-refractivity contribution < 1.29 is 0 Å². The van der Waals surface area contributed by atoms with E-state index in [4.69, 9.17) is 5.84 Å². The highest BCUT2D eigenvalue weighted by molar-refractivity contribution is 5.11. The number of hydrazine groups is 1. The van der Waals surface area contributed by atoms with Crippen LogP contribution in [0.25, 0.3) is 0 Å². The smallest absolute Gasteiger partial charge is 0.0410 e. The van der Waals surface area contributed by atoms with E-state index in [1.807, 2.05) is 6.08 Å². The molecule has 0 aliphatic carbocycles. The Kier molecular flexibility index (Phi) is 4.67. The first-order chi connectivity index (χ1) is 4.70. The van der Waals surface area contributed by atoms with Crippen LogP contribution in [0.4, 0.5) is 0 Å². The van der Waals surface area contributed by atoms with E-state index < -0.39 is 0 Å². The number of hydrogen-bond acceptors (Lipinski definition) is 2. The first-order valence-electron chi connectivity index (χ1n) is 3.54. The topological polar surface area (TPSA) is 38.0 Å². The molecule has 0 amide bonds. The summed E-state index contributed by atoms with van der Waals surface area (Å²) in [6, 6.07) is 0. The highest BCUT2D eigenvalue weighted by Gasteiger charge is 1.89. The Bertz CT molecular complexity index is 127. The monoisotopic (exact) mass is 140 g/mol. The van der Waals surface area contributed by atoms with E-state index in [1.165, 1.54) is 0 Å². The number of nitrogens with two attached hydrogens (primary N) is 1. The van der Waals surface area contributed by atoms with Crippen LogP contribution >= 0.6 is 0 Å². The lowest BCUT2D eigenvalue weighted by atomic mass is 10.1. The zero-order chi connectivity index (χ0) is 7.98. The molecule has 0 saturated heterocycles. The van der Waals surface area contributed by atoms with Gasteiger partial charge in [0.15, 0.2) is 0 Å². The van der Waals surface area contributed by atoms with Gasteiger partial charge >= 0.3 is 0 Å². The fourth-order valence-corrected chi connectivity index (χ4v) is 0.465. The molecule has 2 nitrogen and oxygen atoms in total. The Balaban J connectivity index is 3.63. The minimum Gasteiger partial charge on any atom is -0.325 e. The van der Waals surface area contributed by atoms with E-state index >= 15 is 0 Å².